The summed E-state index contributed by atoms with van der Waals surface area (Å²) < 4.78 is 2.01. The molecule has 1 aliphatic carbocycles. The van der Waals surface area contributed by atoms with E-state index in [1.165, 1.54) is 56.5 Å². The van der Waals surface area contributed by atoms with Crippen LogP contribution in [0.2, 0.25) is 0 Å². The molecule has 0 unspecified atom stereocenters. The van der Waals surface area contributed by atoms with Crippen molar-refractivity contribution in [2.45, 2.75) is 70.5 Å². The van der Waals surface area contributed by atoms with Gasteiger partial charge in [0.25, 0.3) is 0 Å². The van der Waals surface area contributed by atoms with Crippen molar-refractivity contribution in [1.29, 1.82) is 0 Å². The number of guanidine groups is 1. The Bertz CT molecular complexity index is 800. The Labute approximate surface area is 184 Å². The quantitative estimate of drug-likeness (QED) is 0.523. The molecule has 0 amide bonds. The van der Waals surface area contributed by atoms with E-state index in [0.717, 1.165) is 36.6 Å². The Morgan fingerprint density at radius 3 is 2.67 bits per heavy atom. The van der Waals surface area contributed by atoms with Gasteiger partial charge in [0.15, 0.2) is 11.8 Å². The number of hydrogen-bond donors (Lipinski definition) is 2. The summed E-state index contributed by atoms with van der Waals surface area (Å²) in [6.45, 7) is 5.79. The predicted molar refractivity (Wildman–Crippen MR) is 123 cm³/mol. The number of aryl methyl sites for hydroxylation is 1. The Morgan fingerprint density at radius 1 is 1.20 bits per heavy atom. The van der Waals surface area contributed by atoms with Crippen LogP contribution in [0.4, 0.5) is 0 Å². The third kappa shape index (κ3) is 5.60. The lowest BCUT2D eigenvalue weighted by Crippen LogP contribution is -2.50. The van der Waals surface area contributed by atoms with E-state index in [1.54, 1.807) is 0 Å². The standard InChI is InChI=1S/C22H35N7S/c1-17-26-27-21(28(17)2)16-24-22(23-12-9-20-8-5-15-30-20)25-18-10-13-29(14-11-18)19-6-3-4-7-19/h5,8,15,18-19H,3-4,6-7,9-14,16H2,1-2H3,(H2,23,24,25). The van der Waals surface area contributed by atoms with E-state index in [1.807, 2.05) is 29.9 Å². The maximum absolute atomic E-state index is 4.84. The van der Waals surface area contributed by atoms with Crippen LogP contribution in [0, 0.1) is 6.92 Å². The molecule has 0 spiro atoms. The van der Waals surface area contributed by atoms with Crippen LogP contribution in [0.3, 0.4) is 0 Å². The van der Waals surface area contributed by atoms with Crippen molar-refractivity contribution >= 4 is 17.3 Å². The van der Waals surface area contributed by atoms with Crippen molar-refractivity contribution in [2.24, 2.45) is 12.0 Å². The lowest BCUT2D eigenvalue weighted by atomic mass is 10.0. The molecule has 164 valence electrons. The zero-order valence-corrected chi connectivity index (χ0v) is 19.1. The number of hydrogen-bond acceptors (Lipinski definition) is 5. The van der Waals surface area contributed by atoms with Gasteiger partial charge in [-0.15, -0.1) is 21.5 Å². The normalized spacial score (nSPS) is 19.5. The monoisotopic (exact) mass is 429 g/mol. The molecule has 4 rings (SSSR count). The highest BCUT2D eigenvalue weighted by atomic mass is 32.1. The summed E-state index contributed by atoms with van der Waals surface area (Å²) in [5.41, 5.74) is 0. The summed E-state index contributed by atoms with van der Waals surface area (Å²) in [5.74, 6) is 2.70. The number of likely N-dealkylation sites (tertiary alicyclic amines) is 1. The molecule has 0 bridgehead atoms. The minimum Gasteiger partial charge on any atom is -0.356 e. The van der Waals surface area contributed by atoms with E-state index in [0.29, 0.717) is 12.6 Å². The van der Waals surface area contributed by atoms with Crippen LogP contribution in [-0.4, -0.2) is 57.3 Å². The van der Waals surface area contributed by atoms with Crippen LogP contribution in [0.5, 0.6) is 0 Å². The van der Waals surface area contributed by atoms with Crippen LogP contribution in [0.15, 0.2) is 22.5 Å². The van der Waals surface area contributed by atoms with Crippen molar-refractivity contribution in [3.8, 4) is 0 Å². The molecule has 2 aromatic heterocycles. The average molecular weight is 430 g/mol. The second-order valence-corrected chi connectivity index (χ2v) is 9.57. The molecule has 2 fully saturated rings. The molecular weight excluding hydrogens is 394 g/mol. The lowest BCUT2D eigenvalue weighted by Gasteiger charge is -2.36. The molecule has 30 heavy (non-hydrogen) atoms. The lowest BCUT2D eigenvalue weighted by molar-refractivity contribution is 0.150. The van der Waals surface area contributed by atoms with Gasteiger partial charge in [0.2, 0.25) is 0 Å². The summed E-state index contributed by atoms with van der Waals surface area (Å²) in [6, 6.07) is 5.62. The minimum atomic E-state index is 0.483. The Hall–Kier alpha value is -1.93. The number of thiophene rings is 1. The van der Waals surface area contributed by atoms with E-state index in [4.69, 9.17) is 4.99 Å². The van der Waals surface area contributed by atoms with Gasteiger partial charge in [-0.25, -0.2) is 4.99 Å². The van der Waals surface area contributed by atoms with E-state index < -0.39 is 0 Å². The fourth-order valence-corrected chi connectivity index (χ4v) is 5.23. The summed E-state index contributed by atoms with van der Waals surface area (Å²) in [4.78, 5) is 8.95. The summed E-state index contributed by atoms with van der Waals surface area (Å²) in [6.07, 6.45) is 9.00. The molecule has 0 aromatic carbocycles. The predicted octanol–water partition coefficient (Wildman–Crippen LogP) is 2.87. The van der Waals surface area contributed by atoms with E-state index >= 15 is 0 Å². The van der Waals surface area contributed by atoms with Gasteiger partial charge >= 0.3 is 0 Å². The number of aliphatic imine (C=N–C) groups is 1. The molecule has 0 atom stereocenters. The van der Waals surface area contributed by atoms with Crippen molar-refractivity contribution in [1.82, 2.24) is 30.3 Å². The Balaban J connectivity index is 1.32. The molecule has 2 aliphatic rings. The zero-order chi connectivity index (χ0) is 20.8. The SMILES string of the molecule is Cc1nnc(CN=C(NCCc2cccs2)NC2CCN(C3CCCC3)CC2)n1C. The third-order valence-electron chi connectivity index (χ3n) is 6.52. The Kier molecular flexibility index (Phi) is 7.38. The fraction of sp³-hybridized carbons (Fsp3) is 0.682. The van der Waals surface area contributed by atoms with Crippen LogP contribution >= 0.6 is 11.3 Å². The van der Waals surface area contributed by atoms with Gasteiger partial charge < -0.3 is 20.1 Å². The molecule has 2 aromatic rings. The maximum atomic E-state index is 4.84. The molecule has 7 nitrogen and oxygen atoms in total. The molecule has 2 N–H and O–H groups in total. The first-order chi connectivity index (χ1) is 14.7. The number of rotatable bonds is 7. The number of piperidine rings is 1. The van der Waals surface area contributed by atoms with Crippen LogP contribution in [0.25, 0.3) is 0 Å². The van der Waals surface area contributed by atoms with E-state index in [2.05, 4.69) is 43.2 Å². The summed E-state index contributed by atoms with van der Waals surface area (Å²) in [5, 5.41) is 17.8. The van der Waals surface area contributed by atoms with Gasteiger partial charge in [-0.3, -0.25) is 0 Å². The number of nitrogens with one attached hydrogen (secondary N) is 2. The van der Waals surface area contributed by atoms with Crippen molar-refractivity contribution in [2.75, 3.05) is 19.6 Å². The molecule has 1 saturated heterocycles. The third-order valence-corrected chi connectivity index (χ3v) is 7.45. The van der Waals surface area contributed by atoms with Crippen molar-refractivity contribution < 1.29 is 0 Å². The van der Waals surface area contributed by atoms with E-state index in [-0.39, 0.29) is 0 Å². The topological polar surface area (TPSA) is 70.4 Å². The second-order valence-electron chi connectivity index (χ2n) is 8.54. The van der Waals surface area contributed by atoms with Crippen LogP contribution < -0.4 is 10.6 Å². The van der Waals surface area contributed by atoms with E-state index in [9.17, 15) is 0 Å². The maximum Gasteiger partial charge on any atom is 0.191 e. The first-order valence-electron chi connectivity index (χ1n) is 11.3. The highest BCUT2D eigenvalue weighted by Gasteiger charge is 2.27. The van der Waals surface area contributed by atoms with Crippen molar-refractivity contribution in [3.63, 3.8) is 0 Å². The van der Waals surface area contributed by atoms with Crippen LogP contribution in [-0.2, 0) is 20.0 Å². The Morgan fingerprint density at radius 2 is 2.00 bits per heavy atom. The van der Waals surface area contributed by atoms with Gasteiger partial charge in [0.1, 0.15) is 12.4 Å². The van der Waals surface area contributed by atoms with Crippen molar-refractivity contribution in [3.05, 3.63) is 34.0 Å². The molecule has 3 heterocycles. The van der Waals surface area contributed by atoms with Gasteiger partial charge in [0, 0.05) is 43.6 Å². The van der Waals surface area contributed by atoms with Gasteiger partial charge in [0.05, 0.1) is 0 Å². The minimum absolute atomic E-state index is 0.483. The number of nitrogens with zero attached hydrogens (tertiary/aromatic N) is 5. The van der Waals surface area contributed by atoms with Gasteiger partial charge in [-0.1, -0.05) is 18.9 Å². The second kappa shape index (κ2) is 10.4. The van der Waals surface area contributed by atoms with Gasteiger partial charge in [-0.05, 0) is 50.5 Å². The smallest absolute Gasteiger partial charge is 0.191 e. The molecule has 8 heteroatoms. The van der Waals surface area contributed by atoms with Gasteiger partial charge in [-0.2, -0.15) is 0 Å². The molecule has 0 radical (unpaired) electrons. The first-order valence-corrected chi connectivity index (χ1v) is 12.2. The largest absolute Gasteiger partial charge is 0.356 e. The highest BCUT2D eigenvalue weighted by molar-refractivity contribution is 7.09. The average Bonchev–Trinajstić information content (AvgIpc) is 3.52. The highest BCUT2D eigenvalue weighted by Crippen LogP contribution is 2.26. The molecular formula is C22H35N7S. The summed E-state index contributed by atoms with van der Waals surface area (Å²) >= 11 is 1.81. The van der Waals surface area contributed by atoms with Crippen LogP contribution in [0.1, 0.15) is 55.1 Å². The zero-order valence-electron chi connectivity index (χ0n) is 18.3. The fourth-order valence-electron chi connectivity index (χ4n) is 4.52. The number of aromatic nitrogens is 3. The summed E-state index contributed by atoms with van der Waals surface area (Å²) in [7, 11) is 2.00. The molecule has 1 aliphatic heterocycles. The first kappa shape index (κ1) is 21.3. The molecule has 1 saturated carbocycles.